The maximum atomic E-state index is 8.09. The quantitative estimate of drug-likeness (QED) is 0.340. The summed E-state index contributed by atoms with van der Waals surface area (Å²) in [4.78, 5) is 0. The molecular formula is C5H5BN6S. The van der Waals surface area contributed by atoms with Crippen molar-refractivity contribution >= 4 is 23.5 Å². The molecule has 0 heterocycles. The molecule has 0 spiro atoms. The number of nitrogens with zero attached hydrogens (tertiary/aromatic N) is 4. The summed E-state index contributed by atoms with van der Waals surface area (Å²) in [6, 6.07) is 0. The van der Waals surface area contributed by atoms with Gasteiger partial charge in [0.15, 0.2) is 0 Å². The predicted molar refractivity (Wildman–Crippen MR) is 47.9 cm³/mol. The number of rotatable bonds is 0. The zero-order chi connectivity index (χ0) is 10.9. The second-order valence-electron chi connectivity index (χ2n) is 1.85. The summed E-state index contributed by atoms with van der Waals surface area (Å²) in [5, 5.41) is 32.6. The van der Waals surface area contributed by atoms with Gasteiger partial charge >= 0.3 is 6.15 Å². The van der Waals surface area contributed by atoms with E-state index in [9.17, 15) is 0 Å². The van der Waals surface area contributed by atoms with Crippen molar-refractivity contribution in [3.8, 4) is 23.9 Å². The molecule has 6 nitrogen and oxygen atoms in total. The van der Waals surface area contributed by atoms with Gasteiger partial charge in [-0.2, -0.15) is 0 Å². The Morgan fingerprint density at radius 3 is 1.23 bits per heavy atom. The zero-order valence-corrected chi connectivity index (χ0v) is 7.38. The van der Waals surface area contributed by atoms with Gasteiger partial charge in [0.25, 0.3) is 5.11 Å². The lowest BCUT2D eigenvalue weighted by molar-refractivity contribution is -0.210. The predicted octanol–water partition coefficient (Wildman–Crippen LogP) is -1.84. The standard InChI is InChI=1S/C4BN4.CH4N2S/c6-1-5(2-7,3-8)4-9;2-1(3)4/h;(H4,2,3,4)/q-1;/p+1. The molecule has 0 radical (unpaired) electrons. The van der Waals surface area contributed by atoms with Crippen molar-refractivity contribution in [2.24, 2.45) is 5.73 Å². The molecule has 0 atom stereocenters. The molecule has 0 saturated heterocycles. The molecular weight excluding hydrogens is 187 g/mol. The fraction of sp³-hybridized carbons (Fsp3) is 0. The first-order valence-electron chi connectivity index (χ1n) is 2.90. The summed E-state index contributed by atoms with van der Waals surface area (Å²) in [6.45, 7) is 0. The van der Waals surface area contributed by atoms with Crippen LogP contribution in [0.15, 0.2) is 0 Å². The highest BCUT2D eigenvalue weighted by Crippen LogP contribution is 1.92. The van der Waals surface area contributed by atoms with Gasteiger partial charge in [0.05, 0.1) is 0 Å². The highest BCUT2D eigenvalue weighted by molar-refractivity contribution is 7.79. The third-order valence-corrected chi connectivity index (χ3v) is 0.775. The van der Waals surface area contributed by atoms with Crippen molar-refractivity contribution in [3.05, 3.63) is 0 Å². The van der Waals surface area contributed by atoms with E-state index in [2.05, 4.69) is 18.0 Å². The molecule has 0 bridgehead atoms. The SMILES string of the molecule is N#C[B-](C#N)(C#N)C#N.NC([NH3+])=S. The maximum absolute atomic E-state index is 8.09. The van der Waals surface area contributed by atoms with Gasteiger partial charge in [-0.1, -0.05) is 0 Å². The van der Waals surface area contributed by atoms with Gasteiger partial charge in [-0.05, 0) is 0 Å². The molecule has 0 rings (SSSR count). The van der Waals surface area contributed by atoms with Crippen LogP contribution in [0.1, 0.15) is 0 Å². The lowest BCUT2D eigenvalue weighted by Gasteiger charge is -1.98. The monoisotopic (exact) mass is 192 g/mol. The topological polar surface area (TPSA) is 149 Å². The highest BCUT2D eigenvalue weighted by Gasteiger charge is 2.22. The van der Waals surface area contributed by atoms with Gasteiger partial charge in [0.1, 0.15) is 0 Å². The summed E-state index contributed by atoms with van der Waals surface area (Å²) in [6.07, 6.45) is -2.72. The lowest BCUT2D eigenvalue weighted by Crippen LogP contribution is -2.60. The Hall–Kier alpha value is -2.13. The fourth-order valence-electron chi connectivity index (χ4n) is 0.173. The minimum absolute atomic E-state index is 0.250. The summed E-state index contributed by atoms with van der Waals surface area (Å²) >= 11 is 4.20. The van der Waals surface area contributed by atoms with Gasteiger partial charge < -0.3 is 11.5 Å². The molecule has 5 N–H and O–H groups in total. The van der Waals surface area contributed by atoms with E-state index in [1.165, 1.54) is 23.9 Å². The smallest absolute Gasteiger partial charge is 0.345 e. The molecule has 0 fully saturated rings. The number of hydrogen-bond donors (Lipinski definition) is 2. The highest BCUT2D eigenvalue weighted by atomic mass is 32.1. The molecule has 0 aromatic carbocycles. The van der Waals surface area contributed by atoms with Crippen LogP contribution in [0, 0.1) is 44.9 Å². The normalized spacial score (nSPS) is 7.15. The van der Waals surface area contributed by atoms with Crippen LogP contribution in [0.3, 0.4) is 0 Å². The first kappa shape index (κ1) is 13.5. The van der Waals surface area contributed by atoms with Crippen LogP contribution < -0.4 is 11.5 Å². The molecule has 0 aromatic rings. The molecule has 0 aromatic heterocycles. The lowest BCUT2D eigenvalue weighted by atomic mass is 9.30. The zero-order valence-electron chi connectivity index (χ0n) is 6.56. The Bertz CT molecular complexity index is 284. The van der Waals surface area contributed by atoms with Crippen molar-refractivity contribution < 1.29 is 5.73 Å². The molecule has 0 aliphatic rings. The summed E-state index contributed by atoms with van der Waals surface area (Å²) in [5.41, 5.74) is 7.88. The van der Waals surface area contributed by atoms with Gasteiger partial charge in [0, 0.05) is 12.2 Å². The molecule has 64 valence electrons. The third-order valence-electron chi connectivity index (χ3n) is 0.775. The molecule has 13 heavy (non-hydrogen) atoms. The van der Waals surface area contributed by atoms with Gasteiger partial charge in [0.2, 0.25) is 0 Å². The Balaban J connectivity index is 0. The van der Waals surface area contributed by atoms with Gasteiger partial charge in [-0.15, -0.1) is 23.9 Å². The van der Waals surface area contributed by atoms with E-state index < -0.39 is 6.15 Å². The average Bonchev–Trinajstić information content (AvgIpc) is 2.09. The number of nitriles is 4. The Kier molecular flexibility index (Phi) is 6.81. The first-order valence-corrected chi connectivity index (χ1v) is 3.30. The number of hydrogen-bond acceptors (Lipinski definition) is 5. The van der Waals surface area contributed by atoms with Crippen molar-refractivity contribution in [1.29, 1.82) is 21.0 Å². The van der Waals surface area contributed by atoms with E-state index in [0.717, 1.165) is 0 Å². The van der Waals surface area contributed by atoms with Crippen LogP contribution in [0.4, 0.5) is 0 Å². The number of thiocarbonyl (C=S) groups is 1. The molecule has 0 amide bonds. The Morgan fingerprint density at radius 1 is 1.08 bits per heavy atom. The number of nitrogens with two attached hydrogens (primary N) is 1. The minimum atomic E-state index is -2.72. The van der Waals surface area contributed by atoms with E-state index in [0.29, 0.717) is 0 Å². The molecule has 0 aliphatic heterocycles. The second kappa shape index (κ2) is 6.58. The van der Waals surface area contributed by atoms with E-state index in [1.807, 2.05) is 0 Å². The van der Waals surface area contributed by atoms with Crippen molar-refractivity contribution in [1.82, 2.24) is 0 Å². The second-order valence-corrected chi connectivity index (χ2v) is 2.37. The minimum Gasteiger partial charge on any atom is -0.345 e. The first-order chi connectivity index (χ1) is 5.97. The van der Waals surface area contributed by atoms with Gasteiger partial charge in [-0.25, -0.2) is 21.0 Å². The van der Waals surface area contributed by atoms with Crippen molar-refractivity contribution in [3.63, 3.8) is 0 Å². The summed E-state index contributed by atoms with van der Waals surface area (Å²) < 4.78 is 0. The van der Waals surface area contributed by atoms with Crippen molar-refractivity contribution in [2.45, 2.75) is 0 Å². The third kappa shape index (κ3) is 6.28. The van der Waals surface area contributed by atoms with E-state index in [1.54, 1.807) is 0 Å². The molecule has 8 heteroatoms. The van der Waals surface area contributed by atoms with Crippen LogP contribution in [-0.2, 0) is 0 Å². The van der Waals surface area contributed by atoms with Crippen LogP contribution in [-0.4, -0.2) is 11.3 Å². The van der Waals surface area contributed by atoms with E-state index >= 15 is 0 Å². The van der Waals surface area contributed by atoms with Crippen LogP contribution >= 0.6 is 12.2 Å². The average molecular weight is 192 g/mol. The van der Waals surface area contributed by atoms with Gasteiger partial charge in [-0.3, -0.25) is 0 Å². The Labute approximate surface area is 80.5 Å². The Morgan fingerprint density at radius 2 is 1.23 bits per heavy atom. The van der Waals surface area contributed by atoms with Crippen LogP contribution in [0.5, 0.6) is 0 Å². The molecule has 0 aliphatic carbocycles. The maximum Gasteiger partial charge on any atom is 0.383 e. The molecule has 0 saturated carbocycles. The van der Waals surface area contributed by atoms with Crippen LogP contribution in [0.2, 0.25) is 0 Å². The largest absolute Gasteiger partial charge is 0.383 e. The summed E-state index contributed by atoms with van der Waals surface area (Å²) in [5.74, 6) is 5.38. The van der Waals surface area contributed by atoms with Crippen molar-refractivity contribution in [2.75, 3.05) is 0 Å². The van der Waals surface area contributed by atoms with E-state index in [4.69, 9.17) is 26.8 Å². The molecule has 0 unspecified atom stereocenters. The number of quaternary nitrogens is 1. The van der Waals surface area contributed by atoms with E-state index in [-0.39, 0.29) is 5.11 Å². The van der Waals surface area contributed by atoms with Crippen LogP contribution in [0.25, 0.3) is 0 Å². The fourth-order valence-corrected chi connectivity index (χ4v) is 0.173. The summed E-state index contributed by atoms with van der Waals surface area (Å²) in [7, 11) is 0.